The second kappa shape index (κ2) is 4.51. The first-order valence-electron chi connectivity index (χ1n) is 5.41. The SMILES string of the molecule is Nc1ccc(Sc2nc3ccccc3s2)cc1N. The van der Waals surface area contributed by atoms with Crippen LogP contribution in [-0.4, -0.2) is 4.98 Å². The highest BCUT2D eigenvalue weighted by atomic mass is 32.2. The van der Waals surface area contributed by atoms with Gasteiger partial charge >= 0.3 is 0 Å². The summed E-state index contributed by atoms with van der Waals surface area (Å²) in [5, 5.41) is 0. The number of benzene rings is 2. The monoisotopic (exact) mass is 273 g/mol. The summed E-state index contributed by atoms with van der Waals surface area (Å²) >= 11 is 3.29. The van der Waals surface area contributed by atoms with Gasteiger partial charge in [-0.2, -0.15) is 0 Å². The summed E-state index contributed by atoms with van der Waals surface area (Å²) in [5.74, 6) is 0. The van der Waals surface area contributed by atoms with Crippen LogP contribution in [0.5, 0.6) is 0 Å². The Bertz CT molecular complexity index is 673. The average molecular weight is 273 g/mol. The molecule has 0 aliphatic heterocycles. The molecule has 0 aliphatic carbocycles. The molecule has 0 fully saturated rings. The van der Waals surface area contributed by atoms with E-state index in [-0.39, 0.29) is 0 Å². The van der Waals surface area contributed by atoms with Crippen LogP contribution in [0.15, 0.2) is 51.7 Å². The molecule has 0 saturated heterocycles. The molecule has 3 aromatic rings. The number of hydrogen-bond donors (Lipinski definition) is 2. The largest absolute Gasteiger partial charge is 0.397 e. The number of nitrogen functional groups attached to an aromatic ring is 2. The summed E-state index contributed by atoms with van der Waals surface area (Å²) in [6.07, 6.45) is 0. The number of aromatic nitrogens is 1. The van der Waals surface area contributed by atoms with Crippen molar-refractivity contribution in [2.75, 3.05) is 11.5 Å². The third kappa shape index (κ3) is 2.14. The second-order valence-electron chi connectivity index (χ2n) is 3.84. The van der Waals surface area contributed by atoms with Gasteiger partial charge in [0.25, 0.3) is 0 Å². The lowest BCUT2D eigenvalue weighted by Crippen LogP contribution is -1.93. The second-order valence-corrected chi connectivity index (χ2v) is 6.19. The van der Waals surface area contributed by atoms with Gasteiger partial charge in [0.15, 0.2) is 4.34 Å². The molecule has 4 N–H and O–H groups in total. The minimum absolute atomic E-state index is 0.612. The molecule has 5 heteroatoms. The van der Waals surface area contributed by atoms with Crippen LogP contribution in [0.2, 0.25) is 0 Å². The zero-order chi connectivity index (χ0) is 12.5. The Morgan fingerprint density at radius 2 is 1.83 bits per heavy atom. The van der Waals surface area contributed by atoms with Crippen LogP contribution >= 0.6 is 23.1 Å². The Labute approximate surface area is 113 Å². The molecule has 0 bridgehead atoms. The van der Waals surface area contributed by atoms with Crippen LogP contribution in [0.1, 0.15) is 0 Å². The van der Waals surface area contributed by atoms with E-state index >= 15 is 0 Å². The number of hydrogen-bond acceptors (Lipinski definition) is 5. The fourth-order valence-corrected chi connectivity index (χ4v) is 3.70. The number of thiazole rings is 1. The molecule has 0 unspecified atom stereocenters. The molecular formula is C13H11N3S2. The number of rotatable bonds is 2. The van der Waals surface area contributed by atoms with Crippen molar-refractivity contribution in [2.24, 2.45) is 0 Å². The van der Waals surface area contributed by atoms with E-state index in [0.717, 1.165) is 14.8 Å². The lowest BCUT2D eigenvalue weighted by Gasteiger charge is -2.02. The van der Waals surface area contributed by atoms with E-state index in [4.69, 9.17) is 11.5 Å². The maximum absolute atomic E-state index is 5.79. The van der Waals surface area contributed by atoms with Gasteiger partial charge in [0.2, 0.25) is 0 Å². The standard InChI is InChI=1S/C13H11N3S2/c14-9-6-5-8(7-10(9)15)17-13-16-11-3-1-2-4-12(11)18-13/h1-7H,14-15H2. The van der Waals surface area contributed by atoms with Gasteiger partial charge in [-0.15, -0.1) is 11.3 Å². The fourth-order valence-electron chi connectivity index (χ4n) is 1.61. The Balaban J connectivity index is 1.93. The summed E-state index contributed by atoms with van der Waals surface area (Å²) < 4.78 is 2.21. The molecule has 18 heavy (non-hydrogen) atoms. The molecular weight excluding hydrogens is 262 g/mol. The van der Waals surface area contributed by atoms with E-state index in [1.54, 1.807) is 23.1 Å². The lowest BCUT2D eigenvalue weighted by molar-refractivity contribution is 1.29. The molecule has 0 aliphatic rings. The van der Waals surface area contributed by atoms with Crippen molar-refractivity contribution in [3.8, 4) is 0 Å². The minimum Gasteiger partial charge on any atom is -0.397 e. The summed E-state index contributed by atoms with van der Waals surface area (Å²) in [5.41, 5.74) is 13.8. The highest BCUT2D eigenvalue weighted by Crippen LogP contribution is 2.35. The number of nitrogens with two attached hydrogens (primary N) is 2. The van der Waals surface area contributed by atoms with Gasteiger partial charge in [-0.05, 0) is 30.3 Å². The third-order valence-electron chi connectivity index (χ3n) is 2.54. The molecule has 0 spiro atoms. The maximum atomic E-state index is 5.79. The minimum atomic E-state index is 0.612. The molecule has 0 saturated carbocycles. The van der Waals surface area contributed by atoms with Crippen molar-refractivity contribution < 1.29 is 0 Å². The van der Waals surface area contributed by atoms with E-state index in [1.165, 1.54) is 4.70 Å². The Morgan fingerprint density at radius 3 is 2.61 bits per heavy atom. The highest BCUT2D eigenvalue weighted by Gasteiger charge is 2.06. The van der Waals surface area contributed by atoms with Gasteiger partial charge in [0.1, 0.15) is 0 Å². The van der Waals surface area contributed by atoms with Crippen LogP contribution in [0.25, 0.3) is 10.2 Å². The van der Waals surface area contributed by atoms with Gasteiger partial charge in [-0.3, -0.25) is 0 Å². The molecule has 0 atom stereocenters. The summed E-state index contributed by atoms with van der Waals surface area (Å²) in [6.45, 7) is 0. The van der Waals surface area contributed by atoms with E-state index in [2.05, 4.69) is 11.1 Å². The highest BCUT2D eigenvalue weighted by molar-refractivity contribution is 8.01. The Morgan fingerprint density at radius 1 is 1.00 bits per heavy atom. The van der Waals surface area contributed by atoms with Crippen molar-refractivity contribution in [1.29, 1.82) is 0 Å². The topological polar surface area (TPSA) is 64.9 Å². The number of fused-ring (bicyclic) bond motifs is 1. The van der Waals surface area contributed by atoms with Gasteiger partial charge in [-0.1, -0.05) is 23.9 Å². The maximum Gasteiger partial charge on any atom is 0.155 e. The molecule has 0 radical (unpaired) electrons. The molecule has 1 heterocycles. The van der Waals surface area contributed by atoms with Crippen LogP contribution in [-0.2, 0) is 0 Å². The quantitative estimate of drug-likeness (QED) is 0.700. The van der Waals surface area contributed by atoms with E-state index in [9.17, 15) is 0 Å². The normalized spacial score (nSPS) is 10.9. The predicted octanol–water partition coefficient (Wildman–Crippen LogP) is 3.61. The third-order valence-corrected chi connectivity index (χ3v) is 4.62. The molecule has 1 aromatic heterocycles. The fraction of sp³-hybridized carbons (Fsp3) is 0. The zero-order valence-electron chi connectivity index (χ0n) is 9.46. The van der Waals surface area contributed by atoms with E-state index < -0.39 is 0 Å². The van der Waals surface area contributed by atoms with Gasteiger partial charge in [0.05, 0.1) is 21.6 Å². The van der Waals surface area contributed by atoms with Crippen molar-refractivity contribution in [1.82, 2.24) is 4.98 Å². The Kier molecular flexibility index (Phi) is 2.85. The van der Waals surface area contributed by atoms with Crippen LogP contribution < -0.4 is 11.5 Å². The summed E-state index contributed by atoms with van der Waals surface area (Å²) in [7, 11) is 0. The van der Waals surface area contributed by atoms with Crippen LogP contribution in [0.4, 0.5) is 11.4 Å². The lowest BCUT2D eigenvalue weighted by atomic mass is 10.3. The van der Waals surface area contributed by atoms with Crippen molar-refractivity contribution in [3.05, 3.63) is 42.5 Å². The number of anilines is 2. The van der Waals surface area contributed by atoms with Crippen molar-refractivity contribution in [3.63, 3.8) is 0 Å². The molecule has 3 nitrogen and oxygen atoms in total. The number of nitrogens with zero attached hydrogens (tertiary/aromatic N) is 1. The van der Waals surface area contributed by atoms with Crippen LogP contribution in [0, 0.1) is 0 Å². The van der Waals surface area contributed by atoms with Crippen molar-refractivity contribution in [2.45, 2.75) is 9.24 Å². The first-order valence-corrected chi connectivity index (χ1v) is 7.04. The Hall–Kier alpha value is -1.72. The van der Waals surface area contributed by atoms with E-state index in [1.807, 2.05) is 36.4 Å². The molecule has 2 aromatic carbocycles. The molecule has 3 rings (SSSR count). The first-order chi connectivity index (χ1) is 8.72. The number of para-hydroxylation sites is 1. The van der Waals surface area contributed by atoms with E-state index in [0.29, 0.717) is 11.4 Å². The summed E-state index contributed by atoms with van der Waals surface area (Å²) in [4.78, 5) is 5.63. The van der Waals surface area contributed by atoms with Crippen molar-refractivity contribution >= 4 is 44.7 Å². The van der Waals surface area contributed by atoms with Gasteiger partial charge < -0.3 is 11.5 Å². The zero-order valence-corrected chi connectivity index (χ0v) is 11.1. The van der Waals surface area contributed by atoms with Crippen LogP contribution in [0.3, 0.4) is 0 Å². The van der Waals surface area contributed by atoms with Gasteiger partial charge in [0, 0.05) is 4.90 Å². The smallest absolute Gasteiger partial charge is 0.155 e. The first kappa shape index (κ1) is 11.4. The molecule has 90 valence electrons. The average Bonchev–Trinajstić information content (AvgIpc) is 2.76. The van der Waals surface area contributed by atoms with Gasteiger partial charge in [-0.25, -0.2) is 4.98 Å². The predicted molar refractivity (Wildman–Crippen MR) is 79.0 cm³/mol. The molecule has 0 amide bonds. The summed E-state index contributed by atoms with van der Waals surface area (Å²) in [6, 6.07) is 13.8.